The van der Waals surface area contributed by atoms with Crippen LogP contribution in [-0.4, -0.2) is 24.1 Å². The first-order valence-electron chi connectivity index (χ1n) is 6.20. The van der Waals surface area contributed by atoms with Crippen molar-refractivity contribution >= 4 is 40.5 Å². The number of nitrogens with zero attached hydrogens (tertiary/aromatic N) is 5. The van der Waals surface area contributed by atoms with Crippen molar-refractivity contribution in [1.82, 2.24) is 19.2 Å². The second kappa shape index (κ2) is 5.47. The minimum Gasteiger partial charge on any atom is -0.361 e. The van der Waals surface area contributed by atoms with E-state index in [9.17, 15) is 10.1 Å². The molecule has 0 aromatic carbocycles. The van der Waals surface area contributed by atoms with Gasteiger partial charge in [-0.2, -0.15) is 0 Å². The van der Waals surface area contributed by atoms with Crippen molar-refractivity contribution in [2.45, 2.75) is 6.54 Å². The Balaban J connectivity index is 1.86. The van der Waals surface area contributed by atoms with Crippen LogP contribution in [-0.2, 0) is 13.6 Å². The van der Waals surface area contributed by atoms with E-state index in [-0.39, 0.29) is 5.82 Å². The fourth-order valence-corrected chi connectivity index (χ4v) is 2.44. The Morgan fingerprint density at radius 1 is 1.41 bits per heavy atom. The molecule has 0 saturated heterocycles. The summed E-state index contributed by atoms with van der Waals surface area (Å²) in [5, 5.41) is 19.0. The zero-order valence-corrected chi connectivity index (χ0v) is 12.8. The third-order valence-electron chi connectivity index (χ3n) is 3.20. The number of aromatic nitrogens is 4. The number of nitro groups is 1. The van der Waals surface area contributed by atoms with Crippen molar-refractivity contribution in [3.63, 3.8) is 0 Å². The molecule has 22 heavy (non-hydrogen) atoms. The molecule has 8 nitrogen and oxygen atoms in total. The van der Waals surface area contributed by atoms with Gasteiger partial charge in [-0.05, 0) is 17.1 Å². The molecule has 3 rings (SSSR count). The van der Waals surface area contributed by atoms with Gasteiger partial charge < -0.3 is 20.0 Å². The van der Waals surface area contributed by atoms with Crippen LogP contribution in [0.5, 0.6) is 0 Å². The van der Waals surface area contributed by atoms with E-state index in [1.165, 1.54) is 10.7 Å². The Morgan fingerprint density at radius 2 is 2.18 bits per heavy atom. The Labute approximate surface area is 134 Å². The van der Waals surface area contributed by atoms with Crippen LogP contribution in [0.2, 0.25) is 10.2 Å². The first-order chi connectivity index (χ1) is 10.5. The summed E-state index contributed by atoms with van der Waals surface area (Å²) in [7, 11) is 1.79. The summed E-state index contributed by atoms with van der Waals surface area (Å²) in [6.07, 6.45) is 1.17. The number of fused-ring (bicyclic) bond motifs is 1. The van der Waals surface area contributed by atoms with E-state index in [1.807, 2.05) is 0 Å². The van der Waals surface area contributed by atoms with Gasteiger partial charge in [-0.15, -0.1) is 0 Å². The van der Waals surface area contributed by atoms with Gasteiger partial charge in [0.1, 0.15) is 11.3 Å². The van der Waals surface area contributed by atoms with Gasteiger partial charge in [0, 0.05) is 18.8 Å². The van der Waals surface area contributed by atoms with E-state index in [0.717, 1.165) is 5.69 Å². The molecule has 0 aliphatic rings. The van der Waals surface area contributed by atoms with Crippen molar-refractivity contribution in [1.29, 1.82) is 0 Å². The lowest BCUT2D eigenvalue weighted by molar-refractivity contribution is -0.391. The highest BCUT2D eigenvalue weighted by Gasteiger charge is 2.16. The second-order valence-corrected chi connectivity index (χ2v) is 5.31. The summed E-state index contributed by atoms with van der Waals surface area (Å²) < 4.78 is 2.92. The molecule has 1 N–H and O–H groups in total. The van der Waals surface area contributed by atoms with E-state index < -0.39 is 4.92 Å². The molecule has 3 aromatic rings. The van der Waals surface area contributed by atoms with E-state index >= 15 is 0 Å². The first kappa shape index (κ1) is 14.6. The van der Waals surface area contributed by atoms with Crippen molar-refractivity contribution in [3.05, 3.63) is 50.4 Å². The minimum atomic E-state index is -0.534. The Kier molecular flexibility index (Phi) is 3.63. The number of hydrogen-bond acceptors (Lipinski definition) is 5. The lowest BCUT2D eigenvalue weighted by Gasteiger charge is -2.06. The fraction of sp³-hybridized carbons (Fsp3) is 0.167. The van der Waals surface area contributed by atoms with Crippen LogP contribution in [0.15, 0.2) is 24.4 Å². The summed E-state index contributed by atoms with van der Waals surface area (Å²) >= 11 is 12.0. The number of nitrogens with one attached hydrogen (secondary N) is 1. The largest absolute Gasteiger partial charge is 0.368 e. The molecule has 0 amide bonds. The quantitative estimate of drug-likeness (QED) is 0.582. The lowest BCUT2D eigenvalue weighted by Crippen LogP contribution is -2.08. The van der Waals surface area contributed by atoms with Crippen LogP contribution >= 0.6 is 23.2 Å². The maximum absolute atomic E-state index is 10.9. The maximum Gasteiger partial charge on any atom is 0.368 e. The predicted octanol–water partition coefficient (Wildman–Crippen LogP) is 2.89. The average Bonchev–Trinajstić information content (AvgIpc) is 3.02. The number of anilines is 1. The molecule has 3 heterocycles. The lowest BCUT2D eigenvalue weighted by atomic mass is 10.4. The van der Waals surface area contributed by atoms with E-state index in [4.69, 9.17) is 23.2 Å². The monoisotopic (exact) mass is 340 g/mol. The van der Waals surface area contributed by atoms with Crippen molar-refractivity contribution in [2.24, 2.45) is 7.05 Å². The normalized spacial score (nSPS) is 11.0. The zero-order chi connectivity index (χ0) is 15.9. The van der Waals surface area contributed by atoms with Gasteiger partial charge >= 0.3 is 5.82 Å². The molecule has 0 saturated carbocycles. The van der Waals surface area contributed by atoms with Crippen molar-refractivity contribution < 1.29 is 4.92 Å². The summed E-state index contributed by atoms with van der Waals surface area (Å²) in [4.78, 5) is 14.3. The Bertz CT molecular complexity index is 872. The Morgan fingerprint density at radius 3 is 2.82 bits per heavy atom. The number of imidazole rings is 1. The molecule has 0 bridgehead atoms. The highest BCUT2D eigenvalue weighted by atomic mass is 35.5. The van der Waals surface area contributed by atoms with Crippen LogP contribution in [0.4, 0.5) is 11.6 Å². The van der Waals surface area contributed by atoms with Gasteiger partial charge in [0.2, 0.25) is 5.65 Å². The highest BCUT2D eigenvalue weighted by Crippen LogP contribution is 2.25. The van der Waals surface area contributed by atoms with Crippen LogP contribution in [0.3, 0.4) is 0 Å². The van der Waals surface area contributed by atoms with Crippen LogP contribution in [0, 0.1) is 10.1 Å². The predicted molar refractivity (Wildman–Crippen MR) is 82.4 cm³/mol. The minimum absolute atomic E-state index is 0.191. The molecule has 0 fully saturated rings. The van der Waals surface area contributed by atoms with Crippen molar-refractivity contribution in [3.8, 4) is 0 Å². The standard InChI is InChI=1S/C12H10Cl2N6O2/c1-18-7(4-8(13)12(18)14)5-15-9-2-3-10-16-6-11(20(21)22)19(10)17-9/h2-4,6H,5H2,1H3,(H,15,17). The van der Waals surface area contributed by atoms with E-state index in [0.29, 0.717) is 28.2 Å². The number of rotatable bonds is 4. The Hall–Kier alpha value is -2.32. The van der Waals surface area contributed by atoms with Gasteiger partial charge in [-0.25, -0.2) is 4.98 Å². The molecule has 0 aliphatic carbocycles. The van der Waals surface area contributed by atoms with Crippen molar-refractivity contribution in [2.75, 3.05) is 5.32 Å². The highest BCUT2D eigenvalue weighted by molar-refractivity contribution is 6.41. The molecule has 3 aromatic heterocycles. The summed E-state index contributed by atoms with van der Waals surface area (Å²) in [5.74, 6) is 0.283. The van der Waals surface area contributed by atoms with Gasteiger partial charge in [0.15, 0.2) is 5.82 Å². The molecular formula is C12H10Cl2N6O2. The average molecular weight is 341 g/mol. The molecule has 10 heteroatoms. The molecule has 114 valence electrons. The molecule has 0 radical (unpaired) electrons. The van der Waals surface area contributed by atoms with E-state index in [1.54, 1.807) is 29.8 Å². The van der Waals surface area contributed by atoms with Crippen LogP contribution in [0.25, 0.3) is 5.65 Å². The molecule has 0 spiro atoms. The topological polar surface area (TPSA) is 90.3 Å². The maximum atomic E-state index is 10.9. The number of halogens is 2. The number of hydrogen-bond donors (Lipinski definition) is 1. The summed E-state index contributed by atoms with van der Waals surface area (Å²) in [6, 6.07) is 5.08. The van der Waals surface area contributed by atoms with Gasteiger partial charge in [0.05, 0.1) is 11.6 Å². The van der Waals surface area contributed by atoms with Crippen LogP contribution in [0.1, 0.15) is 5.69 Å². The third kappa shape index (κ3) is 2.46. The van der Waals surface area contributed by atoms with Gasteiger partial charge in [-0.1, -0.05) is 32.8 Å². The molecule has 0 unspecified atom stereocenters. The zero-order valence-electron chi connectivity index (χ0n) is 11.3. The van der Waals surface area contributed by atoms with Gasteiger partial charge in [0.25, 0.3) is 0 Å². The summed E-state index contributed by atoms with van der Waals surface area (Å²) in [6.45, 7) is 0.421. The van der Waals surface area contributed by atoms with Crippen LogP contribution < -0.4 is 5.32 Å². The van der Waals surface area contributed by atoms with Gasteiger partial charge in [-0.3, -0.25) is 0 Å². The molecular weight excluding hydrogens is 331 g/mol. The molecule has 0 aliphatic heterocycles. The fourth-order valence-electron chi connectivity index (χ4n) is 2.02. The second-order valence-electron chi connectivity index (χ2n) is 4.55. The first-order valence-corrected chi connectivity index (χ1v) is 6.95. The molecule has 0 atom stereocenters. The SMILES string of the molecule is Cn1c(CNc2ccc3ncc([N+](=O)[O-])n3n2)cc(Cl)c1Cl. The summed E-state index contributed by atoms with van der Waals surface area (Å²) in [5.41, 5.74) is 1.26. The van der Waals surface area contributed by atoms with E-state index in [2.05, 4.69) is 15.4 Å². The third-order valence-corrected chi connectivity index (χ3v) is 4.04. The smallest absolute Gasteiger partial charge is 0.361 e.